The maximum atomic E-state index is 5.60. The van der Waals surface area contributed by atoms with Crippen molar-refractivity contribution >= 4 is 16.7 Å². The Balaban J connectivity index is 1.85. The van der Waals surface area contributed by atoms with Crippen LogP contribution in [0.5, 0.6) is 0 Å². The lowest BCUT2D eigenvalue weighted by Crippen LogP contribution is -2.19. The predicted molar refractivity (Wildman–Crippen MR) is 69.5 cm³/mol. The molecule has 5 heteroatoms. The van der Waals surface area contributed by atoms with Crippen molar-refractivity contribution in [3.05, 3.63) is 24.3 Å². The van der Waals surface area contributed by atoms with Crippen LogP contribution in [0, 0.1) is 6.92 Å². The van der Waals surface area contributed by atoms with Gasteiger partial charge in [-0.3, -0.25) is 4.98 Å². The fourth-order valence-electron chi connectivity index (χ4n) is 2.25. The van der Waals surface area contributed by atoms with Gasteiger partial charge in [-0.15, -0.1) is 0 Å². The van der Waals surface area contributed by atoms with Gasteiger partial charge in [0.1, 0.15) is 11.6 Å². The summed E-state index contributed by atoms with van der Waals surface area (Å²) in [5.74, 6) is 1.63. The van der Waals surface area contributed by atoms with Gasteiger partial charge in [0.2, 0.25) is 0 Å². The van der Waals surface area contributed by atoms with Gasteiger partial charge >= 0.3 is 0 Å². The molecule has 94 valence electrons. The Labute approximate surface area is 106 Å². The van der Waals surface area contributed by atoms with Crippen molar-refractivity contribution in [2.24, 2.45) is 0 Å². The van der Waals surface area contributed by atoms with Crippen LogP contribution in [0.15, 0.2) is 18.5 Å². The summed E-state index contributed by atoms with van der Waals surface area (Å²) in [6, 6.07) is 1.94. The Hall–Kier alpha value is -1.75. The topological polar surface area (TPSA) is 59.9 Å². The molecular weight excluding hydrogens is 228 g/mol. The van der Waals surface area contributed by atoms with E-state index in [9.17, 15) is 0 Å². The van der Waals surface area contributed by atoms with Crippen LogP contribution in [0.4, 0.5) is 5.82 Å². The van der Waals surface area contributed by atoms with Gasteiger partial charge in [0.15, 0.2) is 0 Å². The summed E-state index contributed by atoms with van der Waals surface area (Å²) in [6.45, 7) is 3.57. The number of anilines is 1. The maximum Gasteiger partial charge on any atom is 0.137 e. The van der Waals surface area contributed by atoms with Crippen LogP contribution in [-0.2, 0) is 4.74 Å². The van der Waals surface area contributed by atoms with Crippen LogP contribution in [-0.4, -0.2) is 34.2 Å². The average molecular weight is 244 g/mol. The van der Waals surface area contributed by atoms with Crippen LogP contribution in [0.3, 0.4) is 0 Å². The number of hydrogen-bond donors (Lipinski definition) is 1. The van der Waals surface area contributed by atoms with Gasteiger partial charge in [-0.1, -0.05) is 0 Å². The van der Waals surface area contributed by atoms with Crippen LogP contribution in [0.25, 0.3) is 10.9 Å². The second-order valence-electron chi connectivity index (χ2n) is 4.53. The monoisotopic (exact) mass is 244 g/mol. The second-order valence-corrected chi connectivity index (χ2v) is 4.53. The van der Waals surface area contributed by atoms with Gasteiger partial charge in [0.05, 0.1) is 17.8 Å². The van der Waals surface area contributed by atoms with Gasteiger partial charge in [-0.2, -0.15) is 0 Å². The highest BCUT2D eigenvalue weighted by atomic mass is 16.5. The quantitative estimate of drug-likeness (QED) is 0.893. The molecule has 1 aliphatic heterocycles. The lowest BCUT2D eigenvalue weighted by atomic mass is 10.2. The summed E-state index contributed by atoms with van der Waals surface area (Å²) < 4.78 is 5.60. The summed E-state index contributed by atoms with van der Waals surface area (Å²) >= 11 is 0. The smallest absolute Gasteiger partial charge is 0.137 e. The van der Waals surface area contributed by atoms with E-state index in [-0.39, 0.29) is 0 Å². The van der Waals surface area contributed by atoms with Crippen molar-refractivity contribution in [1.82, 2.24) is 15.0 Å². The van der Waals surface area contributed by atoms with Crippen LogP contribution in [0.1, 0.15) is 18.7 Å². The van der Waals surface area contributed by atoms with Gasteiger partial charge in [-0.25, -0.2) is 9.97 Å². The number of nitrogens with zero attached hydrogens (tertiary/aromatic N) is 3. The summed E-state index contributed by atoms with van der Waals surface area (Å²) in [7, 11) is 0. The molecule has 1 aliphatic rings. The van der Waals surface area contributed by atoms with E-state index in [0.717, 1.165) is 48.5 Å². The number of ether oxygens (including phenoxy) is 1. The normalized spacial score (nSPS) is 19.3. The van der Waals surface area contributed by atoms with E-state index in [0.29, 0.717) is 6.10 Å². The Morgan fingerprint density at radius 2 is 2.39 bits per heavy atom. The Morgan fingerprint density at radius 1 is 1.44 bits per heavy atom. The van der Waals surface area contributed by atoms with E-state index in [1.54, 1.807) is 12.4 Å². The maximum absolute atomic E-state index is 5.60. The third-order valence-electron chi connectivity index (χ3n) is 3.13. The first-order valence-corrected chi connectivity index (χ1v) is 6.27. The van der Waals surface area contributed by atoms with Gasteiger partial charge in [0, 0.05) is 24.7 Å². The van der Waals surface area contributed by atoms with Gasteiger partial charge in [0.25, 0.3) is 0 Å². The van der Waals surface area contributed by atoms with Crippen molar-refractivity contribution in [3.63, 3.8) is 0 Å². The summed E-state index contributed by atoms with van der Waals surface area (Å²) in [4.78, 5) is 12.9. The fraction of sp³-hybridized carbons (Fsp3) is 0.462. The highest BCUT2D eigenvalue weighted by molar-refractivity contribution is 5.88. The molecule has 1 fully saturated rings. The number of pyridine rings is 1. The predicted octanol–water partition coefficient (Wildman–Crippen LogP) is 1.92. The van der Waals surface area contributed by atoms with Gasteiger partial charge in [-0.05, 0) is 25.8 Å². The van der Waals surface area contributed by atoms with Crippen molar-refractivity contribution < 1.29 is 4.74 Å². The van der Waals surface area contributed by atoms with E-state index in [4.69, 9.17) is 4.74 Å². The lowest BCUT2D eigenvalue weighted by molar-refractivity contribution is 0.120. The lowest BCUT2D eigenvalue weighted by Gasteiger charge is -2.13. The Kier molecular flexibility index (Phi) is 3.06. The first-order chi connectivity index (χ1) is 8.83. The molecule has 0 radical (unpaired) electrons. The molecule has 1 unspecified atom stereocenters. The van der Waals surface area contributed by atoms with E-state index in [1.165, 1.54) is 0 Å². The van der Waals surface area contributed by atoms with E-state index >= 15 is 0 Å². The first kappa shape index (κ1) is 11.3. The molecule has 0 bridgehead atoms. The van der Waals surface area contributed by atoms with Crippen molar-refractivity contribution in [2.75, 3.05) is 18.5 Å². The highest BCUT2D eigenvalue weighted by Crippen LogP contribution is 2.20. The van der Waals surface area contributed by atoms with Crippen molar-refractivity contribution in [1.29, 1.82) is 0 Å². The molecule has 0 spiro atoms. The minimum atomic E-state index is 0.303. The molecule has 3 heterocycles. The Bertz CT molecular complexity index is 552. The van der Waals surface area contributed by atoms with Gasteiger partial charge < -0.3 is 10.1 Å². The molecule has 0 aromatic carbocycles. The van der Waals surface area contributed by atoms with Crippen LogP contribution >= 0.6 is 0 Å². The second kappa shape index (κ2) is 4.86. The molecule has 5 nitrogen and oxygen atoms in total. The number of rotatable bonds is 3. The molecule has 2 aromatic rings. The molecule has 3 rings (SSSR count). The number of aromatic nitrogens is 3. The molecule has 0 saturated carbocycles. The van der Waals surface area contributed by atoms with E-state index < -0.39 is 0 Å². The molecule has 0 aliphatic carbocycles. The zero-order valence-electron chi connectivity index (χ0n) is 10.4. The highest BCUT2D eigenvalue weighted by Gasteiger charge is 2.15. The summed E-state index contributed by atoms with van der Waals surface area (Å²) in [6.07, 6.45) is 6.10. The SMILES string of the molecule is Cc1nc(NCC2CCCO2)c2ccncc2n1. The third kappa shape index (κ3) is 2.26. The van der Waals surface area contributed by atoms with Crippen LogP contribution < -0.4 is 5.32 Å². The van der Waals surface area contributed by atoms with E-state index in [2.05, 4.69) is 20.3 Å². The summed E-state index contributed by atoms with van der Waals surface area (Å²) in [5.41, 5.74) is 0.875. The zero-order chi connectivity index (χ0) is 12.4. The minimum absolute atomic E-state index is 0.303. The van der Waals surface area contributed by atoms with Crippen molar-refractivity contribution in [2.45, 2.75) is 25.9 Å². The molecule has 1 saturated heterocycles. The number of aryl methyl sites for hydroxylation is 1. The largest absolute Gasteiger partial charge is 0.376 e. The molecule has 18 heavy (non-hydrogen) atoms. The molecule has 1 N–H and O–H groups in total. The molecule has 0 amide bonds. The molecular formula is C13H16N4O. The average Bonchev–Trinajstić information content (AvgIpc) is 2.89. The standard InChI is InChI=1S/C13H16N4O/c1-9-16-12-8-14-5-4-11(12)13(17-9)15-7-10-3-2-6-18-10/h4-5,8,10H,2-3,6-7H2,1H3,(H,15,16,17). The zero-order valence-corrected chi connectivity index (χ0v) is 10.4. The fourth-order valence-corrected chi connectivity index (χ4v) is 2.25. The number of fused-ring (bicyclic) bond motifs is 1. The first-order valence-electron chi connectivity index (χ1n) is 6.27. The minimum Gasteiger partial charge on any atom is -0.376 e. The molecule has 1 atom stereocenters. The third-order valence-corrected chi connectivity index (χ3v) is 3.13. The summed E-state index contributed by atoms with van der Waals surface area (Å²) in [5, 5.41) is 4.37. The molecule has 2 aromatic heterocycles. The number of hydrogen-bond acceptors (Lipinski definition) is 5. The van der Waals surface area contributed by atoms with E-state index in [1.807, 2.05) is 13.0 Å². The number of nitrogens with one attached hydrogen (secondary N) is 1. The Morgan fingerprint density at radius 3 is 3.22 bits per heavy atom. The van der Waals surface area contributed by atoms with Crippen LogP contribution in [0.2, 0.25) is 0 Å². The van der Waals surface area contributed by atoms with Crippen molar-refractivity contribution in [3.8, 4) is 0 Å².